The molecule has 44 heavy (non-hydrogen) atoms. The second-order valence-corrected chi connectivity index (χ2v) is 23.4. The van der Waals surface area contributed by atoms with Crippen LogP contribution < -0.4 is 9.47 Å². The molecule has 2 aromatic rings. The lowest BCUT2D eigenvalue weighted by Gasteiger charge is -2.31. The molecule has 13 heteroatoms. The summed E-state index contributed by atoms with van der Waals surface area (Å²) in [5, 5.41) is 0.964. The van der Waals surface area contributed by atoms with E-state index in [-0.39, 0.29) is 24.1 Å². The van der Waals surface area contributed by atoms with Crippen LogP contribution in [0.5, 0.6) is 11.5 Å². The van der Waals surface area contributed by atoms with Gasteiger partial charge < -0.3 is 18.9 Å². The average molecular weight is 1190 g/mol. The molecule has 0 N–H and O–H groups in total. The molecular formula is C31H39Br9O4. The summed E-state index contributed by atoms with van der Waals surface area (Å²) in [7, 11) is 0. The molecule has 0 fully saturated rings. The van der Waals surface area contributed by atoms with E-state index in [1.807, 2.05) is 32.0 Å². The van der Waals surface area contributed by atoms with Crippen LogP contribution >= 0.6 is 143 Å². The molecule has 0 spiro atoms. The first-order valence-electron chi connectivity index (χ1n) is 13.7. The van der Waals surface area contributed by atoms with Crippen LogP contribution in [0.1, 0.15) is 52.7 Å². The predicted molar refractivity (Wildman–Crippen MR) is 218 cm³/mol. The van der Waals surface area contributed by atoms with Crippen LogP contribution in [0.3, 0.4) is 0 Å². The minimum atomic E-state index is -0.445. The summed E-state index contributed by atoms with van der Waals surface area (Å²) in [5.74, 6) is 1.51. The van der Waals surface area contributed by atoms with Gasteiger partial charge in [0.25, 0.3) is 0 Å². The molecule has 0 aliphatic heterocycles. The zero-order chi connectivity index (χ0) is 33.6. The van der Waals surface area contributed by atoms with Gasteiger partial charge in [-0.1, -0.05) is 128 Å². The van der Waals surface area contributed by atoms with Gasteiger partial charge in [-0.3, -0.25) is 0 Å². The molecule has 2 aromatic carbocycles. The second kappa shape index (κ2) is 18.0. The van der Waals surface area contributed by atoms with Crippen LogP contribution in [-0.2, 0) is 14.9 Å². The summed E-state index contributed by atoms with van der Waals surface area (Å²) < 4.78 is 24.2. The monoisotopic (exact) mass is 1190 g/mol. The standard InChI is InChI=1S/C31H39Br9O4/c1-27(2,20-7-10-22(11-8-20)43-25(35)30(5,39)18-41-16-28(3,37)14-32)21-9-12-24(23(34)13-21)44-26(36)31(6,40)19-42-17-29(4,38)15-33/h7-13,25-26H,14-19H2,1-6H3. The summed E-state index contributed by atoms with van der Waals surface area (Å²) in [6.45, 7) is 14.8. The summed E-state index contributed by atoms with van der Waals surface area (Å²) in [6.07, 6.45) is 0. The van der Waals surface area contributed by atoms with E-state index in [1.165, 1.54) is 5.56 Å². The number of ether oxygens (including phenoxy) is 4. The van der Waals surface area contributed by atoms with Crippen LogP contribution in [0, 0.1) is 0 Å². The van der Waals surface area contributed by atoms with Crippen molar-refractivity contribution in [3.05, 3.63) is 58.1 Å². The Morgan fingerprint density at radius 3 is 1.48 bits per heavy atom. The minimum absolute atomic E-state index is 0.117. The van der Waals surface area contributed by atoms with Crippen LogP contribution in [0.2, 0.25) is 0 Å². The van der Waals surface area contributed by atoms with E-state index in [0.29, 0.717) is 26.4 Å². The summed E-state index contributed by atoms with van der Waals surface area (Å²) in [5.41, 5.74) is 2.06. The molecule has 0 aromatic heterocycles. The van der Waals surface area contributed by atoms with Crippen LogP contribution in [0.4, 0.5) is 0 Å². The smallest absolute Gasteiger partial charge is 0.170 e. The fourth-order valence-corrected chi connectivity index (χ4v) is 6.03. The Balaban J connectivity index is 2.05. The molecule has 0 aliphatic carbocycles. The van der Waals surface area contributed by atoms with Crippen molar-refractivity contribution in [2.75, 3.05) is 37.1 Å². The third kappa shape index (κ3) is 13.2. The molecule has 0 bridgehead atoms. The van der Waals surface area contributed by atoms with Gasteiger partial charge in [-0.25, -0.2) is 0 Å². The van der Waals surface area contributed by atoms with Crippen molar-refractivity contribution in [1.29, 1.82) is 0 Å². The Morgan fingerprint density at radius 1 is 0.614 bits per heavy atom. The lowest BCUT2D eigenvalue weighted by molar-refractivity contribution is 0.0859. The van der Waals surface area contributed by atoms with Crippen molar-refractivity contribution in [2.24, 2.45) is 0 Å². The predicted octanol–water partition coefficient (Wildman–Crippen LogP) is 12.4. The van der Waals surface area contributed by atoms with E-state index < -0.39 is 8.65 Å². The summed E-state index contributed by atoms with van der Waals surface area (Å²) in [6, 6.07) is 14.5. The molecule has 0 aliphatic rings. The summed E-state index contributed by atoms with van der Waals surface area (Å²) >= 11 is 33.0. The van der Waals surface area contributed by atoms with Crippen LogP contribution in [0.15, 0.2) is 46.9 Å². The third-order valence-corrected chi connectivity index (χ3v) is 17.3. The SMILES string of the molecule is CC(Br)(CBr)COCC(C)(Br)C(Br)Oc1ccc(C(C)(C)c2ccc(OC(Br)C(C)(Br)COCC(C)(Br)CBr)c(Br)c2)cc1. The minimum Gasteiger partial charge on any atom is -0.478 e. The molecule has 0 saturated carbocycles. The molecule has 0 saturated heterocycles. The Kier molecular flexibility index (Phi) is 17.3. The zero-order valence-electron chi connectivity index (χ0n) is 25.5. The van der Waals surface area contributed by atoms with Crippen molar-refractivity contribution in [3.63, 3.8) is 0 Å². The van der Waals surface area contributed by atoms with Crippen LogP contribution in [-0.4, -0.2) is 64.4 Å². The molecular weight excluding hydrogens is 1160 g/mol. The van der Waals surface area contributed by atoms with E-state index >= 15 is 0 Å². The van der Waals surface area contributed by atoms with Gasteiger partial charge in [0.1, 0.15) is 11.5 Å². The first-order valence-corrected chi connectivity index (χ1v) is 21.7. The Labute approximate surface area is 339 Å². The highest BCUT2D eigenvalue weighted by Crippen LogP contribution is 2.39. The van der Waals surface area contributed by atoms with Crippen molar-refractivity contribution in [1.82, 2.24) is 0 Å². The van der Waals surface area contributed by atoms with Crippen molar-refractivity contribution in [2.45, 2.75) is 74.3 Å². The fraction of sp³-hybridized carbons (Fsp3) is 0.613. The van der Waals surface area contributed by atoms with Gasteiger partial charge in [-0.05, 0) is 111 Å². The number of benzene rings is 2. The Bertz CT molecular complexity index is 1190. The van der Waals surface area contributed by atoms with E-state index in [9.17, 15) is 0 Å². The number of halogens is 9. The van der Waals surface area contributed by atoms with Gasteiger partial charge in [-0.2, -0.15) is 0 Å². The van der Waals surface area contributed by atoms with Gasteiger partial charge in [0.05, 0.1) is 48.2 Å². The highest BCUT2D eigenvalue weighted by Gasteiger charge is 2.35. The van der Waals surface area contributed by atoms with Gasteiger partial charge in [-0.15, -0.1) is 0 Å². The fourth-order valence-electron chi connectivity index (χ4n) is 3.71. The maximum Gasteiger partial charge on any atom is 0.170 e. The van der Waals surface area contributed by atoms with Crippen molar-refractivity contribution >= 4 is 143 Å². The van der Waals surface area contributed by atoms with Crippen molar-refractivity contribution < 1.29 is 18.9 Å². The van der Waals surface area contributed by atoms with Gasteiger partial charge in [0.15, 0.2) is 10.0 Å². The molecule has 0 radical (unpaired) electrons. The maximum absolute atomic E-state index is 6.30. The zero-order valence-corrected chi connectivity index (χ0v) is 39.7. The van der Waals surface area contributed by atoms with E-state index in [0.717, 1.165) is 32.2 Å². The van der Waals surface area contributed by atoms with Crippen molar-refractivity contribution in [3.8, 4) is 11.5 Å². The second-order valence-electron chi connectivity index (χ2n) is 12.3. The molecule has 0 heterocycles. The quantitative estimate of drug-likeness (QED) is 0.139. The highest BCUT2D eigenvalue weighted by molar-refractivity contribution is 9.13. The maximum atomic E-state index is 6.30. The largest absolute Gasteiger partial charge is 0.478 e. The Morgan fingerprint density at radius 2 is 1.05 bits per heavy atom. The number of hydrogen-bond donors (Lipinski definition) is 0. The van der Waals surface area contributed by atoms with Gasteiger partial charge >= 0.3 is 0 Å². The number of hydrogen-bond acceptors (Lipinski definition) is 4. The number of alkyl halides is 8. The Hall–Kier alpha value is 2.28. The third-order valence-electron chi connectivity index (χ3n) is 6.78. The molecule has 250 valence electrons. The molecule has 4 nitrogen and oxygen atoms in total. The van der Waals surface area contributed by atoms with E-state index in [2.05, 4.69) is 195 Å². The van der Waals surface area contributed by atoms with Gasteiger partial charge in [0.2, 0.25) is 0 Å². The molecule has 0 amide bonds. The first-order chi connectivity index (χ1) is 20.2. The lowest BCUT2D eigenvalue weighted by Crippen LogP contribution is -2.39. The van der Waals surface area contributed by atoms with Gasteiger partial charge in [0, 0.05) is 16.1 Å². The molecule has 6 atom stereocenters. The van der Waals surface area contributed by atoms with E-state index in [4.69, 9.17) is 18.9 Å². The summed E-state index contributed by atoms with van der Waals surface area (Å²) in [4.78, 5) is 0. The normalized spacial score (nSPS) is 19.2. The number of rotatable bonds is 18. The van der Waals surface area contributed by atoms with Crippen LogP contribution in [0.25, 0.3) is 0 Å². The first kappa shape index (κ1) is 42.4. The average Bonchev–Trinajstić information content (AvgIpc) is 2.93. The lowest BCUT2D eigenvalue weighted by atomic mass is 9.78. The molecule has 6 unspecified atom stereocenters. The van der Waals surface area contributed by atoms with E-state index in [1.54, 1.807) is 0 Å². The highest BCUT2D eigenvalue weighted by atomic mass is 79.9. The molecule has 2 rings (SSSR count). The topological polar surface area (TPSA) is 36.9 Å².